The van der Waals surface area contributed by atoms with Crippen molar-refractivity contribution < 1.29 is 14.6 Å². The van der Waals surface area contributed by atoms with Gasteiger partial charge in [0.05, 0.1) is 33.7 Å². The summed E-state index contributed by atoms with van der Waals surface area (Å²) >= 11 is 7.55. The number of carbonyl (C=O) groups excluding carboxylic acids is 1. The highest BCUT2D eigenvalue weighted by atomic mass is 35.5. The molecule has 27 heavy (non-hydrogen) atoms. The van der Waals surface area contributed by atoms with Crippen LogP contribution in [0.4, 0.5) is 5.69 Å². The van der Waals surface area contributed by atoms with Crippen LogP contribution in [0.1, 0.15) is 36.0 Å². The summed E-state index contributed by atoms with van der Waals surface area (Å²) in [5.41, 5.74) is 1.63. The molecule has 1 saturated carbocycles. The molecule has 0 saturated heterocycles. The lowest BCUT2D eigenvalue weighted by Gasteiger charge is -2.27. The zero-order valence-electron chi connectivity index (χ0n) is 14.4. The number of rotatable bonds is 4. The first-order valence-corrected chi connectivity index (χ1v) is 9.99. The molecular weight excluding hydrogens is 386 g/mol. The Hall–Kier alpha value is -2.22. The van der Waals surface area contributed by atoms with E-state index in [-0.39, 0.29) is 18.1 Å². The van der Waals surface area contributed by atoms with Gasteiger partial charge in [0.25, 0.3) is 5.91 Å². The molecule has 0 radical (unpaired) electrons. The summed E-state index contributed by atoms with van der Waals surface area (Å²) in [7, 11) is 0. The molecule has 0 atom stereocenters. The third kappa shape index (κ3) is 4.05. The monoisotopic (exact) mass is 403 g/mol. The van der Waals surface area contributed by atoms with E-state index >= 15 is 0 Å². The molecule has 1 fully saturated rings. The molecule has 2 heterocycles. The number of nitrogens with zero attached hydrogens (tertiary/aromatic N) is 2. The normalized spacial score (nSPS) is 19.8. The molecular formula is C19H18ClN3O3S. The Kier molecular flexibility index (Phi) is 5.24. The predicted octanol–water partition coefficient (Wildman–Crippen LogP) is 4.28. The largest absolute Gasteiger partial charge is 0.488 e. The summed E-state index contributed by atoms with van der Waals surface area (Å²) in [5.74, 6) is 0.300. The van der Waals surface area contributed by atoms with Gasteiger partial charge in [0, 0.05) is 16.6 Å². The zero-order chi connectivity index (χ0) is 18.8. The molecule has 8 heteroatoms. The smallest absolute Gasteiger partial charge is 0.258 e. The summed E-state index contributed by atoms with van der Waals surface area (Å²) in [6, 6.07) is 5.17. The van der Waals surface area contributed by atoms with Crippen LogP contribution < -0.4 is 10.1 Å². The highest BCUT2D eigenvalue weighted by molar-refractivity contribution is 7.17. The molecule has 0 bridgehead atoms. The summed E-state index contributed by atoms with van der Waals surface area (Å²) in [6.45, 7) is 0. The highest BCUT2D eigenvalue weighted by Gasteiger charge is 2.22. The number of fused-ring (bicyclic) bond motifs is 1. The van der Waals surface area contributed by atoms with Gasteiger partial charge in [-0.2, -0.15) is 0 Å². The van der Waals surface area contributed by atoms with E-state index in [0.29, 0.717) is 27.5 Å². The van der Waals surface area contributed by atoms with Gasteiger partial charge in [-0.15, -0.1) is 11.3 Å². The van der Waals surface area contributed by atoms with E-state index in [9.17, 15) is 9.90 Å². The molecule has 1 aliphatic carbocycles. The molecule has 1 amide bonds. The lowest BCUT2D eigenvalue weighted by Crippen LogP contribution is -2.27. The van der Waals surface area contributed by atoms with Crippen molar-refractivity contribution in [1.82, 2.24) is 9.97 Å². The van der Waals surface area contributed by atoms with Crippen molar-refractivity contribution in [3.63, 3.8) is 0 Å². The molecule has 4 rings (SSSR count). The topological polar surface area (TPSA) is 84.3 Å². The number of hydrogen-bond acceptors (Lipinski definition) is 6. The van der Waals surface area contributed by atoms with Crippen LogP contribution in [0.5, 0.6) is 5.75 Å². The Morgan fingerprint density at radius 1 is 1.30 bits per heavy atom. The van der Waals surface area contributed by atoms with Gasteiger partial charge in [0.2, 0.25) is 0 Å². The van der Waals surface area contributed by atoms with Crippen molar-refractivity contribution in [2.45, 2.75) is 37.9 Å². The fraction of sp³-hybridized carbons (Fsp3) is 0.316. The number of nitrogens with one attached hydrogen (secondary N) is 1. The lowest BCUT2D eigenvalue weighted by atomic mass is 9.95. The van der Waals surface area contributed by atoms with Crippen molar-refractivity contribution >= 4 is 44.7 Å². The van der Waals surface area contributed by atoms with Gasteiger partial charge in [-0.05, 0) is 43.9 Å². The number of benzene rings is 1. The molecule has 2 aromatic heterocycles. The maximum atomic E-state index is 12.8. The Morgan fingerprint density at radius 3 is 2.93 bits per heavy atom. The van der Waals surface area contributed by atoms with Gasteiger partial charge < -0.3 is 15.2 Å². The van der Waals surface area contributed by atoms with E-state index in [2.05, 4.69) is 15.3 Å². The summed E-state index contributed by atoms with van der Waals surface area (Å²) in [4.78, 5) is 21.0. The fourth-order valence-electron chi connectivity index (χ4n) is 3.18. The average molecular weight is 404 g/mol. The van der Waals surface area contributed by atoms with Crippen molar-refractivity contribution in [2.75, 3.05) is 5.32 Å². The van der Waals surface area contributed by atoms with Gasteiger partial charge in [-0.25, -0.2) is 9.97 Å². The van der Waals surface area contributed by atoms with Gasteiger partial charge in [-0.3, -0.25) is 4.79 Å². The zero-order valence-corrected chi connectivity index (χ0v) is 16.0. The number of hydrogen-bond donors (Lipinski definition) is 2. The standard InChI is InChI=1S/C19H18ClN3O3S/c20-11-1-6-16(26-13-4-2-12(24)3-5-13)15(7-11)23-19(25)14-9-27-17-8-21-10-22-18(14)17/h1,6-10,12-13,24H,2-5H2,(H,23,25). The second kappa shape index (κ2) is 7.80. The van der Waals surface area contributed by atoms with Crippen LogP contribution in [-0.4, -0.2) is 33.2 Å². The highest BCUT2D eigenvalue weighted by Crippen LogP contribution is 2.33. The SMILES string of the molecule is O=C(Nc1cc(Cl)ccc1OC1CCC(O)CC1)c1csc2cncnc12. The molecule has 3 aromatic rings. The van der Waals surface area contributed by atoms with Crippen molar-refractivity contribution in [1.29, 1.82) is 0 Å². The van der Waals surface area contributed by atoms with Crippen LogP contribution >= 0.6 is 22.9 Å². The second-order valence-corrected chi connectivity index (χ2v) is 7.88. The van der Waals surface area contributed by atoms with Crippen LogP contribution in [0.3, 0.4) is 0 Å². The first-order chi connectivity index (χ1) is 13.1. The Bertz CT molecular complexity index is 970. The Morgan fingerprint density at radius 2 is 2.11 bits per heavy atom. The molecule has 1 aliphatic rings. The lowest BCUT2D eigenvalue weighted by molar-refractivity contribution is 0.0669. The van der Waals surface area contributed by atoms with Gasteiger partial charge in [0.15, 0.2) is 0 Å². The first kappa shape index (κ1) is 18.2. The van der Waals surface area contributed by atoms with Crippen LogP contribution in [0.15, 0.2) is 36.1 Å². The number of halogens is 1. The summed E-state index contributed by atoms with van der Waals surface area (Å²) in [6.07, 6.45) is 5.89. The number of carbonyl (C=O) groups is 1. The summed E-state index contributed by atoms with van der Waals surface area (Å²) < 4.78 is 6.94. The molecule has 2 N–H and O–H groups in total. The third-order valence-electron chi connectivity index (χ3n) is 4.61. The molecule has 1 aromatic carbocycles. The van der Waals surface area contributed by atoms with Crippen LogP contribution in [-0.2, 0) is 0 Å². The number of ether oxygens (including phenoxy) is 1. The molecule has 0 unspecified atom stereocenters. The quantitative estimate of drug-likeness (QED) is 0.679. The van der Waals surface area contributed by atoms with Gasteiger partial charge in [-0.1, -0.05) is 11.6 Å². The number of aromatic nitrogens is 2. The molecule has 0 spiro atoms. The Balaban J connectivity index is 1.56. The minimum atomic E-state index is -0.272. The van der Waals surface area contributed by atoms with Crippen LogP contribution in [0.25, 0.3) is 10.2 Å². The van der Waals surface area contributed by atoms with Gasteiger partial charge >= 0.3 is 0 Å². The van der Waals surface area contributed by atoms with Crippen molar-refractivity contribution in [3.05, 3.63) is 46.7 Å². The predicted molar refractivity (Wildman–Crippen MR) is 106 cm³/mol. The first-order valence-electron chi connectivity index (χ1n) is 8.73. The third-order valence-corrected chi connectivity index (χ3v) is 5.75. The average Bonchev–Trinajstić information content (AvgIpc) is 3.10. The number of anilines is 1. The maximum absolute atomic E-state index is 12.8. The molecule has 6 nitrogen and oxygen atoms in total. The number of aliphatic hydroxyl groups excluding tert-OH is 1. The maximum Gasteiger partial charge on any atom is 0.258 e. The summed E-state index contributed by atoms with van der Waals surface area (Å²) in [5, 5.41) is 14.8. The molecule has 0 aliphatic heterocycles. The Labute approximate surface area is 165 Å². The van der Waals surface area contributed by atoms with E-state index < -0.39 is 0 Å². The minimum absolute atomic E-state index is 0.0138. The number of amides is 1. The van der Waals surface area contributed by atoms with Crippen LogP contribution in [0, 0.1) is 0 Å². The van der Waals surface area contributed by atoms with Gasteiger partial charge in [0.1, 0.15) is 12.1 Å². The fourth-order valence-corrected chi connectivity index (χ4v) is 4.21. The number of thiophene rings is 1. The van der Waals surface area contributed by atoms with E-state index in [1.165, 1.54) is 17.7 Å². The molecule has 140 valence electrons. The van der Waals surface area contributed by atoms with Crippen molar-refractivity contribution in [2.24, 2.45) is 0 Å². The van der Waals surface area contributed by atoms with E-state index in [0.717, 1.165) is 30.4 Å². The van der Waals surface area contributed by atoms with E-state index in [4.69, 9.17) is 16.3 Å². The van der Waals surface area contributed by atoms with Crippen molar-refractivity contribution in [3.8, 4) is 5.75 Å². The second-order valence-electron chi connectivity index (χ2n) is 6.53. The minimum Gasteiger partial charge on any atom is -0.488 e. The van der Waals surface area contributed by atoms with Crippen LogP contribution in [0.2, 0.25) is 5.02 Å². The van der Waals surface area contributed by atoms with E-state index in [1.54, 1.807) is 29.8 Å². The van der Waals surface area contributed by atoms with E-state index in [1.807, 2.05) is 0 Å². The number of aliphatic hydroxyl groups is 1.